The lowest BCUT2D eigenvalue weighted by atomic mass is 10.1. The third kappa shape index (κ3) is 2.50. The number of anilines is 1. The summed E-state index contributed by atoms with van der Waals surface area (Å²) in [6.07, 6.45) is 0.432. The van der Waals surface area contributed by atoms with Crippen molar-refractivity contribution in [1.82, 2.24) is 0 Å². The molecule has 0 bridgehead atoms. The van der Waals surface area contributed by atoms with E-state index in [0.717, 1.165) is 11.3 Å². The van der Waals surface area contributed by atoms with Gasteiger partial charge in [-0.05, 0) is 23.8 Å². The first-order chi connectivity index (χ1) is 12.2. The molecular formula is C19H17NO5. The van der Waals surface area contributed by atoms with E-state index in [2.05, 4.69) is 0 Å². The summed E-state index contributed by atoms with van der Waals surface area (Å²) in [5.41, 5.74) is 2.04. The Morgan fingerprint density at radius 2 is 1.88 bits per heavy atom. The van der Waals surface area contributed by atoms with Crippen molar-refractivity contribution in [3.05, 3.63) is 53.6 Å². The molecule has 2 heterocycles. The smallest absolute Gasteiger partial charge is 0.329 e. The van der Waals surface area contributed by atoms with Crippen molar-refractivity contribution in [3.63, 3.8) is 0 Å². The van der Waals surface area contributed by atoms with Crippen LogP contribution in [-0.2, 0) is 16.0 Å². The van der Waals surface area contributed by atoms with Crippen LogP contribution in [0.15, 0.2) is 42.5 Å². The lowest BCUT2D eigenvalue weighted by Crippen LogP contribution is -2.43. The Balaban J connectivity index is 1.79. The fraction of sp³-hybridized carbons (Fsp3) is 0.263. The second-order valence-electron chi connectivity index (χ2n) is 5.88. The number of fused-ring (bicyclic) bond motifs is 2. The number of para-hydroxylation sites is 2. The largest absolute Gasteiger partial charge is 0.486 e. The van der Waals surface area contributed by atoms with E-state index in [0.29, 0.717) is 36.7 Å². The summed E-state index contributed by atoms with van der Waals surface area (Å²) >= 11 is 0. The van der Waals surface area contributed by atoms with Gasteiger partial charge >= 0.3 is 5.97 Å². The van der Waals surface area contributed by atoms with Crippen molar-refractivity contribution in [3.8, 4) is 11.5 Å². The maximum absolute atomic E-state index is 13.3. The van der Waals surface area contributed by atoms with Crippen LogP contribution in [0.25, 0.3) is 0 Å². The Kier molecular flexibility index (Phi) is 3.80. The van der Waals surface area contributed by atoms with Gasteiger partial charge in [0.15, 0.2) is 11.5 Å². The minimum atomic E-state index is -0.685. The van der Waals surface area contributed by atoms with Gasteiger partial charge < -0.3 is 14.2 Å². The number of esters is 1. The first-order valence-electron chi connectivity index (χ1n) is 8.08. The van der Waals surface area contributed by atoms with Gasteiger partial charge in [-0.1, -0.05) is 24.3 Å². The molecule has 0 saturated heterocycles. The normalized spacial score (nSPS) is 17.8. The minimum Gasteiger partial charge on any atom is -0.486 e. The monoisotopic (exact) mass is 339 g/mol. The zero-order valence-electron chi connectivity index (χ0n) is 13.7. The molecule has 0 spiro atoms. The summed E-state index contributed by atoms with van der Waals surface area (Å²) in [5, 5.41) is 0. The number of hydrogen-bond donors (Lipinski definition) is 0. The molecule has 0 saturated carbocycles. The van der Waals surface area contributed by atoms with Gasteiger partial charge in [0.1, 0.15) is 19.3 Å². The summed E-state index contributed by atoms with van der Waals surface area (Å²) in [4.78, 5) is 27.0. The highest BCUT2D eigenvalue weighted by Gasteiger charge is 2.40. The summed E-state index contributed by atoms with van der Waals surface area (Å²) in [7, 11) is 1.33. The quantitative estimate of drug-likeness (QED) is 0.785. The number of carbonyl (C=O) groups excluding carboxylic acids is 2. The molecule has 6 nitrogen and oxygen atoms in total. The van der Waals surface area contributed by atoms with E-state index in [-0.39, 0.29) is 5.91 Å². The third-order valence-electron chi connectivity index (χ3n) is 4.46. The zero-order valence-corrected chi connectivity index (χ0v) is 13.7. The Bertz CT molecular complexity index is 847. The zero-order chi connectivity index (χ0) is 17.4. The second-order valence-corrected chi connectivity index (χ2v) is 5.88. The Morgan fingerprint density at radius 1 is 1.08 bits per heavy atom. The van der Waals surface area contributed by atoms with Crippen molar-refractivity contribution in [2.75, 3.05) is 25.2 Å². The fourth-order valence-electron chi connectivity index (χ4n) is 3.33. The van der Waals surface area contributed by atoms with Gasteiger partial charge in [-0.25, -0.2) is 4.79 Å². The number of rotatable bonds is 2. The first kappa shape index (κ1) is 15.5. The Labute approximate surface area is 144 Å². The molecule has 0 aliphatic carbocycles. The van der Waals surface area contributed by atoms with Crippen molar-refractivity contribution in [2.45, 2.75) is 12.5 Å². The van der Waals surface area contributed by atoms with Crippen molar-refractivity contribution in [1.29, 1.82) is 0 Å². The van der Waals surface area contributed by atoms with Crippen LogP contribution in [-0.4, -0.2) is 38.2 Å². The van der Waals surface area contributed by atoms with Crippen LogP contribution < -0.4 is 14.4 Å². The van der Waals surface area contributed by atoms with E-state index in [1.54, 1.807) is 18.2 Å². The molecule has 6 heteroatoms. The first-order valence-corrected chi connectivity index (χ1v) is 8.08. The summed E-state index contributed by atoms with van der Waals surface area (Å²) in [6.45, 7) is 0.830. The van der Waals surface area contributed by atoms with Gasteiger partial charge in [-0.2, -0.15) is 0 Å². The topological polar surface area (TPSA) is 65.1 Å². The van der Waals surface area contributed by atoms with Gasteiger partial charge in [0.05, 0.1) is 12.7 Å². The number of hydrogen-bond acceptors (Lipinski definition) is 5. The molecule has 0 fully saturated rings. The minimum absolute atomic E-state index is 0.303. The molecule has 0 aromatic heterocycles. The summed E-state index contributed by atoms with van der Waals surface area (Å²) in [6, 6.07) is 12.0. The van der Waals surface area contributed by atoms with Gasteiger partial charge in [0, 0.05) is 12.1 Å². The molecule has 0 N–H and O–H groups in total. The van der Waals surface area contributed by atoms with Gasteiger partial charge in [-0.15, -0.1) is 0 Å². The lowest BCUT2D eigenvalue weighted by Gasteiger charge is -2.26. The molecule has 128 valence electrons. The molecule has 2 aromatic rings. The van der Waals surface area contributed by atoms with Crippen LogP contribution in [0.1, 0.15) is 15.9 Å². The van der Waals surface area contributed by atoms with Gasteiger partial charge in [0.2, 0.25) is 0 Å². The number of ether oxygens (including phenoxy) is 3. The van der Waals surface area contributed by atoms with E-state index in [1.165, 1.54) is 12.0 Å². The molecule has 1 amide bonds. The van der Waals surface area contributed by atoms with Crippen LogP contribution in [0.5, 0.6) is 11.5 Å². The third-order valence-corrected chi connectivity index (χ3v) is 4.46. The maximum atomic E-state index is 13.3. The number of methoxy groups -OCH3 is 1. The highest BCUT2D eigenvalue weighted by molar-refractivity contribution is 6.12. The molecule has 4 rings (SSSR count). The Hall–Kier alpha value is -3.02. The highest BCUT2D eigenvalue weighted by Crippen LogP contribution is 2.38. The van der Waals surface area contributed by atoms with Crippen molar-refractivity contribution in [2.24, 2.45) is 0 Å². The molecule has 2 aliphatic heterocycles. The number of amides is 1. The van der Waals surface area contributed by atoms with Gasteiger partial charge in [0.25, 0.3) is 5.91 Å². The molecule has 0 radical (unpaired) electrons. The predicted octanol–water partition coefficient (Wildman–Crippen LogP) is 2.20. The van der Waals surface area contributed by atoms with Crippen LogP contribution in [0.3, 0.4) is 0 Å². The van der Waals surface area contributed by atoms with Crippen LogP contribution in [0, 0.1) is 0 Å². The number of carbonyl (C=O) groups is 2. The maximum Gasteiger partial charge on any atom is 0.329 e. The molecule has 1 atom stereocenters. The van der Waals surface area contributed by atoms with Crippen molar-refractivity contribution < 1.29 is 23.8 Å². The molecule has 2 aliphatic rings. The second kappa shape index (κ2) is 6.12. The molecule has 1 unspecified atom stereocenters. The van der Waals surface area contributed by atoms with Gasteiger partial charge in [-0.3, -0.25) is 9.69 Å². The fourth-order valence-corrected chi connectivity index (χ4v) is 3.33. The van der Waals surface area contributed by atoms with E-state index in [4.69, 9.17) is 14.2 Å². The molecular weight excluding hydrogens is 322 g/mol. The van der Waals surface area contributed by atoms with E-state index >= 15 is 0 Å². The van der Waals surface area contributed by atoms with E-state index in [1.807, 2.05) is 24.3 Å². The summed E-state index contributed by atoms with van der Waals surface area (Å²) < 4.78 is 16.1. The summed E-state index contributed by atoms with van der Waals surface area (Å²) in [5.74, 6) is 0.222. The Morgan fingerprint density at radius 3 is 2.72 bits per heavy atom. The average molecular weight is 339 g/mol. The van der Waals surface area contributed by atoms with Crippen molar-refractivity contribution >= 4 is 17.6 Å². The molecule has 2 aromatic carbocycles. The van der Waals surface area contributed by atoms with Crippen LogP contribution >= 0.6 is 0 Å². The predicted molar refractivity (Wildman–Crippen MR) is 90.2 cm³/mol. The molecule has 25 heavy (non-hydrogen) atoms. The lowest BCUT2D eigenvalue weighted by molar-refractivity contribution is -0.141. The van der Waals surface area contributed by atoms with E-state index in [9.17, 15) is 9.59 Å². The average Bonchev–Trinajstić information content (AvgIpc) is 3.06. The highest BCUT2D eigenvalue weighted by atomic mass is 16.6. The number of benzene rings is 2. The van der Waals surface area contributed by atoms with E-state index < -0.39 is 12.0 Å². The SMILES string of the molecule is COC(=O)C1Cc2ccccc2N1C(=O)c1cccc2c1OCCO2. The van der Waals surface area contributed by atoms with Crippen LogP contribution in [0.2, 0.25) is 0 Å². The number of nitrogens with zero attached hydrogens (tertiary/aromatic N) is 1. The van der Waals surface area contributed by atoms with Crippen LogP contribution in [0.4, 0.5) is 5.69 Å². The standard InChI is InChI=1S/C19H17NO5/c1-23-19(22)15-11-12-5-2-3-7-14(12)20(15)18(21)13-6-4-8-16-17(13)25-10-9-24-16/h2-8,15H,9-11H2,1H3.